The summed E-state index contributed by atoms with van der Waals surface area (Å²) in [5.41, 5.74) is 0.535. The summed E-state index contributed by atoms with van der Waals surface area (Å²) in [4.78, 5) is 2.53. The Labute approximate surface area is 82.5 Å². The minimum atomic E-state index is 0.535. The highest BCUT2D eigenvalue weighted by Gasteiger charge is 2.46. The van der Waals surface area contributed by atoms with Gasteiger partial charge in [0.05, 0.1) is 0 Å². The third kappa shape index (κ3) is 1.63. The molecule has 0 N–H and O–H groups in total. The van der Waals surface area contributed by atoms with Crippen molar-refractivity contribution < 1.29 is 0 Å². The second kappa shape index (κ2) is 2.98. The lowest BCUT2D eigenvalue weighted by molar-refractivity contribution is 0.0528. The van der Waals surface area contributed by atoms with Gasteiger partial charge in [0.1, 0.15) is 0 Å². The van der Waals surface area contributed by atoms with Gasteiger partial charge >= 0.3 is 0 Å². The van der Waals surface area contributed by atoms with E-state index in [0.717, 1.165) is 17.8 Å². The minimum Gasteiger partial charge on any atom is -0.306 e. The monoisotopic (exact) mass is 181 g/mol. The van der Waals surface area contributed by atoms with Crippen LogP contribution >= 0.6 is 0 Å². The molecule has 2 atom stereocenters. The van der Waals surface area contributed by atoms with Crippen LogP contribution in [0.5, 0.6) is 0 Å². The standard InChI is InChI=1S/C12H23N/c1-12(2,3)11-9-5-6-10(11)8-13(4)7-9/h9-11H,5-8H2,1-4H3. The summed E-state index contributed by atoms with van der Waals surface area (Å²) in [6, 6.07) is 0. The number of hydrogen-bond donors (Lipinski definition) is 0. The van der Waals surface area contributed by atoms with E-state index < -0.39 is 0 Å². The third-order valence-corrected chi connectivity index (χ3v) is 4.02. The quantitative estimate of drug-likeness (QED) is 0.555. The van der Waals surface area contributed by atoms with Crippen molar-refractivity contribution in [3.05, 3.63) is 0 Å². The Hall–Kier alpha value is -0.0400. The lowest BCUT2D eigenvalue weighted by Crippen LogP contribution is -2.44. The van der Waals surface area contributed by atoms with Gasteiger partial charge in [-0.05, 0) is 43.1 Å². The van der Waals surface area contributed by atoms with Crippen molar-refractivity contribution in [3.63, 3.8) is 0 Å². The molecule has 2 rings (SSSR count). The minimum absolute atomic E-state index is 0.535. The topological polar surface area (TPSA) is 3.24 Å². The molecule has 1 heteroatoms. The first kappa shape index (κ1) is 9.51. The van der Waals surface area contributed by atoms with Gasteiger partial charge in [0.2, 0.25) is 0 Å². The van der Waals surface area contributed by atoms with Gasteiger partial charge in [-0.1, -0.05) is 20.8 Å². The van der Waals surface area contributed by atoms with Crippen LogP contribution in [0.3, 0.4) is 0 Å². The van der Waals surface area contributed by atoms with E-state index in [9.17, 15) is 0 Å². The molecule has 0 aromatic carbocycles. The van der Waals surface area contributed by atoms with Crippen molar-refractivity contribution in [1.29, 1.82) is 0 Å². The third-order valence-electron chi connectivity index (χ3n) is 4.02. The van der Waals surface area contributed by atoms with Gasteiger partial charge < -0.3 is 4.90 Å². The molecule has 76 valence electrons. The molecule has 2 unspecified atom stereocenters. The molecule has 0 amide bonds. The molecule has 0 radical (unpaired) electrons. The van der Waals surface area contributed by atoms with Crippen LogP contribution in [0.1, 0.15) is 33.6 Å². The second-order valence-corrected chi connectivity index (χ2v) is 6.21. The summed E-state index contributed by atoms with van der Waals surface area (Å²) in [6.07, 6.45) is 2.97. The molecule has 0 spiro atoms. The van der Waals surface area contributed by atoms with Crippen LogP contribution in [0.2, 0.25) is 0 Å². The maximum atomic E-state index is 2.53. The summed E-state index contributed by atoms with van der Waals surface area (Å²) in [6.45, 7) is 9.97. The van der Waals surface area contributed by atoms with Crippen LogP contribution in [-0.4, -0.2) is 25.0 Å². The van der Waals surface area contributed by atoms with Crippen LogP contribution in [0.25, 0.3) is 0 Å². The summed E-state index contributed by atoms with van der Waals surface area (Å²) >= 11 is 0. The predicted octanol–water partition coefficient (Wildman–Crippen LogP) is 2.62. The number of likely N-dealkylation sites (tertiary alicyclic amines) is 1. The first-order valence-electron chi connectivity index (χ1n) is 5.67. The van der Waals surface area contributed by atoms with Crippen LogP contribution in [-0.2, 0) is 0 Å². The molecule has 2 bridgehead atoms. The van der Waals surface area contributed by atoms with Crippen LogP contribution in [0.4, 0.5) is 0 Å². The fourth-order valence-corrected chi connectivity index (χ4v) is 3.87. The molecular formula is C12H23N. The molecular weight excluding hydrogens is 158 g/mol. The van der Waals surface area contributed by atoms with Crippen molar-refractivity contribution >= 4 is 0 Å². The number of nitrogens with zero attached hydrogens (tertiary/aromatic N) is 1. The molecule has 1 aliphatic carbocycles. The van der Waals surface area contributed by atoms with E-state index in [-0.39, 0.29) is 0 Å². The average molecular weight is 181 g/mol. The fourth-order valence-electron chi connectivity index (χ4n) is 3.87. The lowest BCUT2D eigenvalue weighted by atomic mass is 9.69. The molecule has 1 aliphatic heterocycles. The molecule has 2 aliphatic rings. The fraction of sp³-hybridized carbons (Fsp3) is 1.00. The van der Waals surface area contributed by atoms with E-state index in [1.165, 1.54) is 25.9 Å². The van der Waals surface area contributed by atoms with E-state index in [0.29, 0.717) is 5.41 Å². The zero-order valence-corrected chi connectivity index (χ0v) is 9.51. The number of piperidine rings is 1. The van der Waals surface area contributed by atoms with Gasteiger partial charge in [-0.15, -0.1) is 0 Å². The number of fused-ring (bicyclic) bond motifs is 2. The van der Waals surface area contributed by atoms with E-state index in [1.54, 1.807) is 0 Å². The summed E-state index contributed by atoms with van der Waals surface area (Å²) in [7, 11) is 2.28. The SMILES string of the molecule is CN1CC2CCC(C1)C2C(C)(C)C. The maximum absolute atomic E-state index is 2.53. The predicted molar refractivity (Wildman–Crippen MR) is 56.7 cm³/mol. The average Bonchev–Trinajstić information content (AvgIpc) is 2.23. The van der Waals surface area contributed by atoms with Gasteiger partial charge in [-0.25, -0.2) is 0 Å². The summed E-state index contributed by atoms with van der Waals surface area (Å²) < 4.78 is 0. The Morgan fingerprint density at radius 2 is 1.46 bits per heavy atom. The molecule has 0 aromatic rings. The van der Waals surface area contributed by atoms with Gasteiger partial charge in [-0.3, -0.25) is 0 Å². The van der Waals surface area contributed by atoms with E-state index >= 15 is 0 Å². The van der Waals surface area contributed by atoms with Gasteiger partial charge in [-0.2, -0.15) is 0 Å². The Kier molecular flexibility index (Phi) is 2.18. The normalized spacial score (nSPS) is 41.1. The zero-order chi connectivity index (χ0) is 9.64. The molecule has 0 aromatic heterocycles. The summed E-state index contributed by atoms with van der Waals surface area (Å²) in [5.74, 6) is 2.97. The van der Waals surface area contributed by atoms with Crippen molar-refractivity contribution in [3.8, 4) is 0 Å². The molecule has 1 saturated carbocycles. The van der Waals surface area contributed by atoms with Crippen molar-refractivity contribution in [2.45, 2.75) is 33.6 Å². The molecule has 13 heavy (non-hydrogen) atoms. The van der Waals surface area contributed by atoms with Crippen molar-refractivity contribution in [2.24, 2.45) is 23.2 Å². The van der Waals surface area contributed by atoms with E-state index in [2.05, 4.69) is 32.7 Å². The van der Waals surface area contributed by atoms with E-state index in [4.69, 9.17) is 0 Å². The van der Waals surface area contributed by atoms with Crippen LogP contribution < -0.4 is 0 Å². The maximum Gasteiger partial charge on any atom is 0.000969 e. The Bertz CT molecular complexity index is 178. The first-order valence-corrected chi connectivity index (χ1v) is 5.67. The lowest BCUT2D eigenvalue weighted by Gasteiger charge is -2.43. The highest BCUT2D eigenvalue weighted by molar-refractivity contribution is 4.96. The summed E-state index contributed by atoms with van der Waals surface area (Å²) in [5, 5.41) is 0. The van der Waals surface area contributed by atoms with Gasteiger partial charge in [0.15, 0.2) is 0 Å². The number of hydrogen-bond acceptors (Lipinski definition) is 1. The first-order chi connectivity index (χ1) is 5.98. The Morgan fingerprint density at radius 3 is 1.85 bits per heavy atom. The number of rotatable bonds is 0. The molecule has 1 saturated heterocycles. The second-order valence-electron chi connectivity index (χ2n) is 6.21. The van der Waals surface area contributed by atoms with E-state index in [1.807, 2.05) is 0 Å². The van der Waals surface area contributed by atoms with Crippen LogP contribution in [0, 0.1) is 23.2 Å². The van der Waals surface area contributed by atoms with Crippen LogP contribution in [0.15, 0.2) is 0 Å². The van der Waals surface area contributed by atoms with Crippen molar-refractivity contribution in [2.75, 3.05) is 20.1 Å². The Balaban J connectivity index is 2.15. The van der Waals surface area contributed by atoms with Gasteiger partial charge in [0.25, 0.3) is 0 Å². The highest BCUT2D eigenvalue weighted by Crippen LogP contribution is 2.49. The molecule has 2 fully saturated rings. The van der Waals surface area contributed by atoms with Crippen molar-refractivity contribution in [1.82, 2.24) is 4.90 Å². The Morgan fingerprint density at radius 1 is 1.00 bits per heavy atom. The largest absolute Gasteiger partial charge is 0.306 e. The zero-order valence-electron chi connectivity index (χ0n) is 9.51. The van der Waals surface area contributed by atoms with Gasteiger partial charge in [0, 0.05) is 13.1 Å². The molecule has 1 heterocycles. The smallest absolute Gasteiger partial charge is 0.000969 e. The molecule has 1 nitrogen and oxygen atoms in total. The highest BCUT2D eigenvalue weighted by atomic mass is 15.1.